The number of rotatable bonds is 1. The molecule has 0 spiro atoms. The van der Waals surface area contributed by atoms with Crippen molar-refractivity contribution in [2.24, 2.45) is 0 Å². The maximum atomic E-state index is 11.1. The molecule has 0 saturated heterocycles. The van der Waals surface area contributed by atoms with E-state index in [0.717, 1.165) is 0 Å². The van der Waals surface area contributed by atoms with Crippen LogP contribution >= 0.6 is 0 Å². The second kappa shape index (κ2) is 5.85. The lowest BCUT2D eigenvalue weighted by atomic mass is 10.3. The number of halogens is 4. The highest BCUT2D eigenvalue weighted by Crippen LogP contribution is 2.20. The first-order chi connectivity index (χ1) is 4.06. The van der Waals surface area contributed by atoms with Gasteiger partial charge in [0.1, 0.15) is 0 Å². The molecular weight excluding hydrogens is 136 g/mol. The highest BCUT2D eigenvalue weighted by Gasteiger charge is 2.24. The van der Waals surface area contributed by atoms with E-state index in [1.165, 1.54) is 6.92 Å². The molecule has 58 valence electrons. The fraction of sp³-hybridized carbons (Fsp3) is 1.00. The fourth-order valence-corrected chi connectivity index (χ4v) is 0.283. The van der Waals surface area contributed by atoms with Gasteiger partial charge in [0, 0.05) is 6.42 Å². The summed E-state index contributed by atoms with van der Waals surface area (Å²) in [5.41, 5.74) is 0. The van der Waals surface area contributed by atoms with Gasteiger partial charge in [-0.1, -0.05) is 6.92 Å². The van der Waals surface area contributed by atoms with E-state index >= 15 is 0 Å². The predicted octanol–water partition coefficient (Wildman–Crippen LogP) is 2.93. The van der Waals surface area contributed by atoms with Crippen molar-refractivity contribution in [2.45, 2.75) is 25.9 Å². The minimum Gasteiger partial charge on any atom is -0.255 e. The maximum absolute atomic E-state index is 11.1. The third-order valence-electron chi connectivity index (χ3n) is 0.533. The van der Waals surface area contributed by atoms with Gasteiger partial charge >= 0.3 is 6.18 Å². The predicted molar refractivity (Wildman–Crippen MR) is 28.0 cm³/mol. The second-order valence-electron chi connectivity index (χ2n) is 1.37. The van der Waals surface area contributed by atoms with E-state index in [4.69, 9.17) is 0 Å². The van der Waals surface area contributed by atoms with Crippen LogP contribution in [0.1, 0.15) is 19.8 Å². The minimum atomic E-state index is -3.95. The second-order valence-corrected chi connectivity index (χ2v) is 1.37. The summed E-state index contributed by atoms with van der Waals surface area (Å²) in [5.74, 6) is 0. The van der Waals surface area contributed by atoms with Crippen LogP contribution in [-0.4, -0.2) is 13.4 Å². The quantitative estimate of drug-likeness (QED) is 0.499. The molecule has 0 aliphatic rings. The maximum Gasteiger partial charge on any atom is 0.389 e. The molecule has 0 fully saturated rings. The van der Waals surface area contributed by atoms with E-state index in [2.05, 4.69) is 0 Å². The van der Waals surface area contributed by atoms with Crippen molar-refractivity contribution in [2.75, 3.05) is 7.18 Å². The molecule has 0 heterocycles. The molecule has 0 aromatic rings. The third-order valence-corrected chi connectivity index (χ3v) is 0.533. The van der Waals surface area contributed by atoms with E-state index in [1.54, 1.807) is 0 Å². The smallest absolute Gasteiger partial charge is 0.255 e. The van der Waals surface area contributed by atoms with Crippen LogP contribution in [0.3, 0.4) is 0 Å². The van der Waals surface area contributed by atoms with Crippen molar-refractivity contribution < 1.29 is 17.6 Å². The van der Waals surface area contributed by atoms with Crippen LogP contribution in [0.2, 0.25) is 0 Å². The minimum absolute atomic E-state index is 0.184. The molecule has 0 aliphatic carbocycles. The molecule has 0 aromatic carbocycles. The van der Waals surface area contributed by atoms with E-state index in [0.29, 0.717) is 7.18 Å². The summed E-state index contributed by atoms with van der Waals surface area (Å²) in [6.07, 6.45) is -4.43. The molecule has 0 bridgehead atoms. The number of alkyl halides is 4. The summed E-state index contributed by atoms with van der Waals surface area (Å²) >= 11 is 0. The number of hydrogen-bond acceptors (Lipinski definition) is 0. The molecule has 0 radical (unpaired) electrons. The summed E-state index contributed by atoms with van der Waals surface area (Å²) in [5, 5.41) is 0. The van der Waals surface area contributed by atoms with Gasteiger partial charge in [-0.25, -0.2) is 0 Å². The van der Waals surface area contributed by atoms with Crippen LogP contribution in [0.15, 0.2) is 0 Å². The van der Waals surface area contributed by atoms with Gasteiger partial charge in [0.05, 0.1) is 7.18 Å². The summed E-state index contributed by atoms with van der Waals surface area (Å²) in [6.45, 7) is 1.51. The van der Waals surface area contributed by atoms with Crippen molar-refractivity contribution in [1.82, 2.24) is 0 Å². The van der Waals surface area contributed by atoms with Crippen LogP contribution in [-0.2, 0) is 0 Å². The Morgan fingerprint density at radius 1 is 1.11 bits per heavy atom. The van der Waals surface area contributed by atoms with Gasteiger partial charge in [-0.15, -0.1) is 0 Å². The van der Waals surface area contributed by atoms with Crippen LogP contribution in [0.25, 0.3) is 0 Å². The Morgan fingerprint density at radius 3 is 1.44 bits per heavy atom. The Labute approximate surface area is 51.9 Å². The van der Waals surface area contributed by atoms with Gasteiger partial charge in [-0.05, 0) is 6.42 Å². The lowest BCUT2D eigenvalue weighted by Gasteiger charge is -2.00. The molecule has 0 N–H and O–H groups in total. The zero-order valence-electron chi connectivity index (χ0n) is 5.43. The Balaban J connectivity index is 0. The molecule has 0 saturated carbocycles. The van der Waals surface area contributed by atoms with Gasteiger partial charge < -0.3 is 0 Å². The van der Waals surface area contributed by atoms with E-state index in [-0.39, 0.29) is 6.42 Å². The average molecular weight is 146 g/mol. The first-order valence-corrected chi connectivity index (χ1v) is 2.51. The molecular formula is C5H10F4. The third kappa shape index (κ3) is 18.3. The van der Waals surface area contributed by atoms with Crippen molar-refractivity contribution in [3.63, 3.8) is 0 Å². The van der Waals surface area contributed by atoms with Gasteiger partial charge in [0.15, 0.2) is 0 Å². The highest BCUT2D eigenvalue weighted by molar-refractivity contribution is 4.44. The van der Waals surface area contributed by atoms with Crippen molar-refractivity contribution in [1.29, 1.82) is 0 Å². The Hall–Kier alpha value is -0.280. The van der Waals surface area contributed by atoms with E-state index < -0.39 is 12.6 Å². The SMILES string of the molecule is CCCC(F)(F)F.CF. The zero-order chi connectivity index (χ0) is 7.91. The van der Waals surface area contributed by atoms with Gasteiger partial charge in [-0.2, -0.15) is 13.2 Å². The van der Waals surface area contributed by atoms with Gasteiger partial charge in [0.2, 0.25) is 0 Å². The molecule has 0 rings (SSSR count). The topological polar surface area (TPSA) is 0 Å². The monoisotopic (exact) mass is 146 g/mol. The molecule has 0 unspecified atom stereocenters. The Bertz CT molecular complexity index is 47.4. The molecule has 0 atom stereocenters. The van der Waals surface area contributed by atoms with Crippen LogP contribution in [0.5, 0.6) is 0 Å². The molecule has 9 heavy (non-hydrogen) atoms. The normalized spacial score (nSPS) is 10.0. The molecule has 0 aliphatic heterocycles. The molecule has 0 nitrogen and oxygen atoms in total. The first-order valence-electron chi connectivity index (χ1n) is 2.51. The lowest BCUT2D eigenvalue weighted by molar-refractivity contribution is -0.134. The first kappa shape index (κ1) is 11.5. The summed E-state index contributed by atoms with van der Waals surface area (Å²) in [4.78, 5) is 0. The molecule has 4 heteroatoms. The standard InChI is InChI=1S/C4H7F3.CH3F/c1-2-3-4(5,6)7;1-2/h2-3H2,1H3;1H3. The van der Waals surface area contributed by atoms with Crippen molar-refractivity contribution >= 4 is 0 Å². The summed E-state index contributed by atoms with van der Waals surface area (Å²) in [6, 6.07) is 0. The molecule has 0 aromatic heterocycles. The van der Waals surface area contributed by atoms with Gasteiger partial charge in [-0.3, -0.25) is 4.39 Å². The van der Waals surface area contributed by atoms with E-state index in [1.807, 2.05) is 0 Å². The van der Waals surface area contributed by atoms with Crippen molar-refractivity contribution in [3.8, 4) is 0 Å². The largest absolute Gasteiger partial charge is 0.389 e. The fourth-order valence-electron chi connectivity index (χ4n) is 0.283. The van der Waals surface area contributed by atoms with Crippen LogP contribution < -0.4 is 0 Å². The van der Waals surface area contributed by atoms with Gasteiger partial charge in [0.25, 0.3) is 0 Å². The molecule has 0 amide bonds. The van der Waals surface area contributed by atoms with E-state index in [9.17, 15) is 17.6 Å². The summed E-state index contributed by atoms with van der Waals surface area (Å²) < 4.78 is 42.7. The average Bonchev–Trinajstić information content (AvgIpc) is 1.69. The Kier molecular flexibility index (Phi) is 7.48. The van der Waals surface area contributed by atoms with Crippen molar-refractivity contribution in [3.05, 3.63) is 0 Å². The number of hydrogen-bond donors (Lipinski definition) is 0. The summed E-state index contributed by atoms with van der Waals surface area (Å²) in [7, 11) is 0.500. The zero-order valence-corrected chi connectivity index (χ0v) is 5.43. The Morgan fingerprint density at radius 2 is 1.44 bits per heavy atom. The van der Waals surface area contributed by atoms with Crippen LogP contribution in [0.4, 0.5) is 17.6 Å². The highest BCUT2D eigenvalue weighted by atomic mass is 19.4. The lowest BCUT2D eigenvalue weighted by Crippen LogP contribution is -2.04. The van der Waals surface area contributed by atoms with Crippen LogP contribution in [0, 0.1) is 0 Å².